The van der Waals surface area contributed by atoms with Crippen LogP contribution in [0.5, 0.6) is 0 Å². The number of rotatable bonds is 1. The second kappa shape index (κ2) is 3.93. The summed E-state index contributed by atoms with van der Waals surface area (Å²) in [5, 5.41) is 8.77. The van der Waals surface area contributed by atoms with Crippen LogP contribution in [0, 0.1) is 11.3 Å². The molecule has 0 bridgehead atoms. The van der Waals surface area contributed by atoms with Crippen molar-refractivity contribution in [1.29, 1.82) is 5.26 Å². The standard InChI is InChI=1S/C13H11N/c14-10-11-5-4-8-13(9-11)12-6-2-1-3-7-12/h2-9,12H,1H2. The highest BCUT2D eigenvalue weighted by molar-refractivity contribution is 5.38. The Hall–Kier alpha value is -1.81. The monoisotopic (exact) mass is 181 g/mol. The third-order valence-corrected chi connectivity index (χ3v) is 2.36. The lowest BCUT2D eigenvalue weighted by Gasteiger charge is -2.11. The minimum absolute atomic E-state index is 0.344. The summed E-state index contributed by atoms with van der Waals surface area (Å²) in [5.74, 6) is 0.344. The van der Waals surface area contributed by atoms with Gasteiger partial charge in [-0.15, -0.1) is 0 Å². The van der Waals surface area contributed by atoms with E-state index in [1.165, 1.54) is 5.56 Å². The van der Waals surface area contributed by atoms with E-state index in [-0.39, 0.29) is 0 Å². The summed E-state index contributed by atoms with van der Waals surface area (Å²) in [4.78, 5) is 0. The molecule has 2 rings (SSSR count). The Morgan fingerprint density at radius 1 is 1.21 bits per heavy atom. The highest BCUT2D eigenvalue weighted by Gasteiger charge is 2.06. The van der Waals surface area contributed by atoms with E-state index >= 15 is 0 Å². The maximum atomic E-state index is 8.77. The van der Waals surface area contributed by atoms with Gasteiger partial charge in [-0.2, -0.15) is 5.26 Å². The number of nitrogens with zero attached hydrogens (tertiary/aromatic N) is 1. The van der Waals surface area contributed by atoms with Crippen molar-refractivity contribution in [3.63, 3.8) is 0 Å². The zero-order valence-electron chi connectivity index (χ0n) is 7.85. The van der Waals surface area contributed by atoms with Gasteiger partial charge in [0.1, 0.15) is 0 Å². The predicted molar refractivity (Wildman–Crippen MR) is 56.8 cm³/mol. The molecule has 0 aromatic heterocycles. The quantitative estimate of drug-likeness (QED) is 0.610. The van der Waals surface area contributed by atoms with Crippen LogP contribution in [-0.2, 0) is 0 Å². The van der Waals surface area contributed by atoms with Crippen LogP contribution in [0.4, 0.5) is 0 Å². The number of nitriles is 1. The fourth-order valence-electron chi connectivity index (χ4n) is 1.63. The molecule has 0 N–H and O–H groups in total. The average Bonchev–Trinajstić information content (AvgIpc) is 2.30. The summed E-state index contributed by atoms with van der Waals surface area (Å²) in [6.07, 6.45) is 9.69. The van der Waals surface area contributed by atoms with Crippen LogP contribution in [0.15, 0.2) is 48.6 Å². The normalized spacial score (nSPS) is 15.4. The van der Waals surface area contributed by atoms with Crippen LogP contribution >= 0.6 is 0 Å². The van der Waals surface area contributed by atoms with Gasteiger partial charge in [0, 0.05) is 5.92 Å². The van der Waals surface area contributed by atoms with Crippen LogP contribution in [0.25, 0.3) is 0 Å². The number of benzene rings is 1. The number of allylic oxidation sites excluding steroid dienone is 4. The topological polar surface area (TPSA) is 23.8 Å². The van der Waals surface area contributed by atoms with Crippen LogP contribution < -0.4 is 0 Å². The molecule has 0 amide bonds. The van der Waals surface area contributed by atoms with Crippen molar-refractivity contribution in [2.24, 2.45) is 0 Å². The molecule has 0 aliphatic heterocycles. The minimum Gasteiger partial charge on any atom is -0.192 e. The molecule has 14 heavy (non-hydrogen) atoms. The highest BCUT2D eigenvalue weighted by Crippen LogP contribution is 2.22. The smallest absolute Gasteiger partial charge is 0.0991 e. The maximum absolute atomic E-state index is 8.77. The summed E-state index contributed by atoms with van der Waals surface area (Å²) in [7, 11) is 0. The third-order valence-electron chi connectivity index (χ3n) is 2.36. The van der Waals surface area contributed by atoms with Crippen molar-refractivity contribution in [1.82, 2.24) is 0 Å². The van der Waals surface area contributed by atoms with Crippen molar-refractivity contribution in [2.75, 3.05) is 0 Å². The van der Waals surface area contributed by atoms with Crippen LogP contribution in [0.3, 0.4) is 0 Å². The lowest BCUT2D eigenvalue weighted by Crippen LogP contribution is -1.94. The lowest BCUT2D eigenvalue weighted by atomic mass is 9.94. The molecular weight excluding hydrogens is 170 g/mol. The number of hydrogen-bond acceptors (Lipinski definition) is 1. The predicted octanol–water partition coefficient (Wildman–Crippen LogP) is 3.16. The molecule has 0 unspecified atom stereocenters. The molecular formula is C13H11N. The summed E-state index contributed by atoms with van der Waals surface area (Å²) < 4.78 is 0. The van der Waals surface area contributed by atoms with Gasteiger partial charge in [0.05, 0.1) is 11.6 Å². The molecule has 0 radical (unpaired) electrons. The molecule has 1 aliphatic rings. The van der Waals surface area contributed by atoms with E-state index in [1.54, 1.807) is 0 Å². The first-order valence-electron chi connectivity index (χ1n) is 4.73. The van der Waals surface area contributed by atoms with Gasteiger partial charge in [-0.1, -0.05) is 36.4 Å². The van der Waals surface area contributed by atoms with Crippen molar-refractivity contribution >= 4 is 0 Å². The first-order valence-corrected chi connectivity index (χ1v) is 4.73. The van der Waals surface area contributed by atoms with Crippen molar-refractivity contribution in [3.05, 3.63) is 59.7 Å². The van der Waals surface area contributed by atoms with Gasteiger partial charge in [-0.3, -0.25) is 0 Å². The SMILES string of the molecule is N#Cc1cccc(C2C=CCC=C2)c1. The molecule has 0 heterocycles. The first kappa shape index (κ1) is 8.77. The largest absolute Gasteiger partial charge is 0.192 e. The van der Waals surface area contributed by atoms with E-state index in [0.29, 0.717) is 5.92 Å². The Labute approximate surface area is 84.0 Å². The first-order chi connectivity index (χ1) is 6.90. The van der Waals surface area contributed by atoms with Gasteiger partial charge >= 0.3 is 0 Å². The molecule has 0 atom stereocenters. The van der Waals surface area contributed by atoms with Gasteiger partial charge in [-0.25, -0.2) is 0 Å². The van der Waals surface area contributed by atoms with Gasteiger partial charge in [-0.05, 0) is 24.1 Å². The van der Waals surface area contributed by atoms with E-state index < -0.39 is 0 Å². The molecule has 0 saturated heterocycles. The molecule has 68 valence electrons. The van der Waals surface area contributed by atoms with Crippen molar-refractivity contribution < 1.29 is 0 Å². The second-order valence-electron chi connectivity index (χ2n) is 3.36. The average molecular weight is 181 g/mol. The molecule has 1 heteroatoms. The van der Waals surface area contributed by atoms with Gasteiger partial charge in [0.15, 0.2) is 0 Å². The second-order valence-corrected chi connectivity index (χ2v) is 3.36. The maximum Gasteiger partial charge on any atom is 0.0991 e. The van der Waals surface area contributed by atoms with E-state index in [2.05, 4.69) is 36.4 Å². The Balaban J connectivity index is 2.32. The molecule has 1 aliphatic carbocycles. The van der Waals surface area contributed by atoms with Gasteiger partial charge in [0.25, 0.3) is 0 Å². The van der Waals surface area contributed by atoms with Gasteiger partial charge in [0.2, 0.25) is 0 Å². The van der Waals surface area contributed by atoms with Crippen molar-refractivity contribution in [2.45, 2.75) is 12.3 Å². The van der Waals surface area contributed by atoms with Crippen LogP contribution in [0.2, 0.25) is 0 Å². The van der Waals surface area contributed by atoms with Gasteiger partial charge < -0.3 is 0 Å². The fraction of sp³-hybridized carbons (Fsp3) is 0.154. The molecule has 1 aromatic carbocycles. The molecule has 0 spiro atoms. The lowest BCUT2D eigenvalue weighted by molar-refractivity contribution is 1.03. The van der Waals surface area contributed by atoms with E-state index in [4.69, 9.17) is 5.26 Å². The highest BCUT2D eigenvalue weighted by atomic mass is 14.2. The minimum atomic E-state index is 0.344. The Bertz CT molecular complexity index is 409. The third kappa shape index (κ3) is 1.75. The molecule has 1 aromatic rings. The van der Waals surface area contributed by atoms with Crippen molar-refractivity contribution in [3.8, 4) is 6.07 Å². The van der Waals surface area contributed by atoms with E-state index in [1.807, 2.05) is 18.2 Å². The van der Waals surface area contributed by atoms with Crippen LogP contribution in [-0.4, -0.2) is 0 Å². The Morgan fingerprint density at radius 2 is 2.00 bits per heavy atom. The summed E-state index contributed by atoms with van der Waals surface area (Å²) in [5.41, 5.74) is 1.92. The molecule has 0 fully saturated rings. The summed E-state index contributed by atoms with van der Waals surface area (Å²) >= 11 is 0. The van der Waals surface area contributed by atoms with E-state index in [9.17, 15) is 0 Å². The molecule has 1 nitrogen and oxygen atoms in total. The summed E-state index contributed by atoms with van der Waals surface area (Å²) in [6, 6.07) is 9.94. The molecule has 0 saturated carbocycles. The van der Waals surface area contributed by atoms with Crippen LogP contribution in [0.1, 0.15) is 23.5 Å². The number of hydrogen-bond donors (Lipinski definition) is 0. The summed E-state index contributed by atoms with van der Waals surface area (Å²) in [6.45, 7) is 0. The Morgan fingerprint density at radius 3 is 2.71 bits per heavy atom. The zero-order valence-corrected chi connectivity index (χ0v) is 7.85. The Kier molecular flexibility index (Phi) is 2.46. The zero-order chi connectivity index (χ0) is 9.80. The van der Waals surface area contributed by atoms with E-state index in [0.717, 1.165) is 12.0 Å². The fourth-order valence-corrected chi connectivity index (χ4v) is 1.63.